The lowest BCUT2D eigenvalue weighted by Crippen LogP contribution is -2.17. The van der Waals surface area contributed by atoms with E-state index in [9.17, 15) is 0 Å². The Hall–Kier alpha value is -0.565. The molecule has 0 spiro atoms. The molecule has 1 rings (SSSR count). The van der Waals surface area contributed by atoms with Crippen LogP contribution < -0.4 is 5.64 Å². The van der Waals surface area contributed by atoms with Crippen molar-refractivity contribution in [3.8, 4) is 0 Å². The Balaban J connectivity index is 2.60. The van der Waals surface area contributed by atoms with E-state index in [0.717, 1.165) is 0 Å². The van der Waals surface area contributed by atoms with E-state index < -0.39 is 0 Å². The molecule has 1 aliphatic rings. The second-order valence-corrected chi connectivity index (χ2v) is 1.17. The minimum atomic E-state index is -0.0648. The highest BCUT2D eigenvalue weighted by atomic mass is 14.7. The van der Waals surface area contributed by atoms with Crippen LogP contribution in [0.2, 0.25) is 0 Å². The van der Waals surface area contributed by atoms with Crippen molar-refractivity contribution >= 4 is 13.2 Å². The Morgan fingerprint density at radius 3 is 2.67 bits per heavy atom. The van der Waals surface area contributed by atoms with E-state index in [2.05, 4.69) is 4.90 Å². The van der Waals surface area contributed by atoms with Crippen LogP contribution in [0.3, 0.4) is 0 Å². The zero-order valence-corrected chi connectivity index (χ0v) is 3.33. The topological polar surface area (TPSA) is 38.4 Å². The number of hydrogen-bond donors (Lipinski definition) is 1. The van der Waals surface area contributed by atoms with Crippen molar-refractivity contribution in [1.29, 1.82) is 0 Å². The van der Waals surface area contributed by atoms with Gasteiger partial charge in [-0.3, -0.25) is 0 Å². The first-order valence-corrected chi connectivity index (χ1v) is 1.85. The van der Waals surface area contributed by atoms with Crippen LogP contribution in [0.25, 0.3) is 0 Å². The summed E-state index contributed by atoms with van der Waals surface area (Å²) < 4.78 is 0. The molecule has 0 aromatic carbocycles. The lowest BCUT2D eigenvalue weighted by Gasteiger charge is -1.77. The molecule has 1 heterocycles. The number of nitrogens with two attached hydrogens (primary N) is 1. The molecule has 0 aromatic heterocycles. The van der Waals surface area contributed by atoms with Gasteiger partial charge in [0.1, 0.15) is 0 Å². The summed E-state index contributed by atoms with van der Waals surface area (Å²) in [6.45, 7) is -0.0648. The maximum absolute atomic E-state index is 5.25. The van der Waals surface area contributed by atoms with Gasteiger partial charge in [0, 0.05) is 6.21 Å². The zero-order valence-electron chi connectivity index (χ0n) is 3.33. The average molecular weight is 79.9 g/mol. The fourth-order valence-electron chi connectivity index (χ4n) is 0.362. The molecule has 0 unspecified atom stereocenters. The largest absolute Gasteiger partial charge is 0.384 e. The molecule has 1 aliphatic heterocycles. The summed E-state index contributed by atoms with van der Waals surface area (Å²) in [5.74, 6) is 1.83. The van der Waals surface area contributed by atoms with Crippen molar-refractivity contribution in [3.63, 3.8) is 0 Å². The van der Waals surface area contributed by atoms with E-state index >= 15 is 0 Å². The van der Waals surface area contributed by atoms with Crippen molar-refractivity contribution in [3.05, 3.63) is 12.1 Å². The quantitative estimate of drug-likeness (QED) is 0.395. The van der Waals surface area contributed by atoms with Crippen LogP contribution >= 0.6 is 0 Å². The van der Waals surface area contributed by atoms with Crippen molar-refractivity contribution in [2.24, 2.45) is 10.5 Å². The highest BCUT2D eigenvalue weighted by molar-refractivity contribution is 6.62. The van der Waals surface area contributed by atoms with Crippen LogP contribution in [-0.4, -0.2) is 13.2 Å². The SMILES string of the molecule is NB1C=CC=N1. The van der Waals surface area contributed by atoms with Crippen LogP contribution in [0.5, 0.6) is 0 Å². The Morgan fingerprint density at radius 1 is 1.67 bits per heavy atom. The molecular formula is C3H5BN2. The molecule has 0 bridgehead atoms. The standard InChI is InChI=1S/C3H5BN2/c5-4-2-1-3-6-4/h1-3H,5H2. The Labute approximate surface area is 36.9 Å². The monoisotopic (exact) mass is 80.1 g/mol. The van der Waals surface area contributed by atoms with Gasteiger partial charge in [-0.2, -0.15) is 0 Å². The molecule has 0 aliphatic carbocycles. The van der Waals surface area contributed by atoms with Gasteiger partial charge in [0.2, 0.25) is 0 Å². The van der Waals surface area contributed by atoms with E-state index in [1.165, 1.54) is 0 Å². The maximum Gasteiger partial charge on any atom is 0.384 e. The number of nitrogens with zero attached hydrogens (tertiary/aromatic N) is 1. The minimum Gasteiger partial charge on any atom is -0.346 e. The molecule has 0 aromatic rings. The molecule has 0 atom stereocenters. The summed E-state index contributed by atoms with van der Waals surface area (Å²) in [7, 11) is 0. The first-order chi connectivity index (χ1) is 2.89. The van der Waals surface area contributed by atoms with Gasteiger partial charge < -0.3 is 10.5 Å². The Morgan fingerprint density at radius 2 is 2.50 bits per heavy atom. The van der Waals surface area contributed by atoms with Gasteiger partial charge in [0.15, 0.2) is 0 Å². The molecule has 3 heteroatoms. The lowest BCUT2D eigenvalue weighted by atomic mass is 9.82. The molecule has 0 fully saturated rings. The third kappa shape index (κ3) is 0.492. The third-order valence-corrected chi connectivity index (χ3v) is 0.653. The van der Waals surface area contributed by atoms with E-state index in [1.807, 2.05) is 12.1 Å². The molecule has 0 saturated carbocycles. The van der Waals surface area contributed by atoms with Gasteiger partial charge in [-0.1, -0.05) is 12.1 Å². The van der Waals surface area contributed by atoms with E-state index in [-0.39, 0.29) is 6.98 Å². The summed E-state index contributed by atoms with van der Waals surface area (Å²) >= 11 is 0. The Kier molecular flexibility index (Phi) is 0.762. The molecule has 0 amide bonds. The Bertz CT molecular complexity index is 85.0. The zero-order chi connectivity index (χ0) is 4.41. The first kappa shape index (κ1) is 3.62. The number of allylic oxidation sites excluding steroid dienone is 1. The van der Waals surface area contributed by atoms with Crippen LogP contribution in [-0.2, 0) is 0 Å². The predicted octanol–water partition coefficient (Wildman–Crippen LogP) is -0.387. The molecule has 2 nitrogen and oxygen atoms in total. The van der Waals surface area contributed by atoms with Crippen molar-refractivity contribution < 1.29 is 0 Å². The van der Waals surface area contributed by atoms with Crippen molar-refractivity contribution in [2.75, 3.05) is 0 Å². The van der Waals surface area contributed by atoms with Gasteiger partial charge in [-0.15, -0.1) is 0 Å². The highest BCUT2D eigenvalue weighted by Gasteiger charge is 2.00. The van der Waals surface area contributed by atoms with Crippen molar-refractivity contribution in [1.82, 2.24) is 0 Å². The molecule has 0 saturated heterocycles. The first-order valence-electron chi connectivity index (χ1n) is 1.85. The number of hydrogen-bond acceptors (Lipinski definition) is 2. The number of rotatable bonds is 0. The smallest absolute Gasteiger partial charge is 0.346 e. The van der Waals surface area contributed by atoms with E-state index in [0.29, 0.717) is 0 Å². The van der Waals surface area contributed by atoms with Gasteiger partial charge in [0.05, 0.1) is 0 Å². The molecular weight excluding hydrogens is 74.9 g/mol. The second-order valence-electron chi connectivity index (χ2n) is 1.17. The van der Waals surface area contributed by atoms with Crippen LogP contribution in [0, 0.1) is 0 Å². The maximum atomic E-state index is 5.25. The summed E-state index contributed by atoms with van der Waals surface area (Å²) in [4.78, 5) is 3.78. The third-order valence-electron chi connectivity index (χ3n) is 0.653. The van der Waals surface area contributed by atoms with Gasteiger partial charge in [0.25, 0.3) is 0 Å². The van der Waals surface area contributed by atoms with Gasteiger partial charge >= 0.3 is 6.98 Å². The highest BCUT2D eigenvalue weighted by Crippen LogP contribution is 1.83. The van der Waals surface area contributed by atoms with Crippen molar-refractivity contribution in [2.45, 2.75) is 0 Å². The van der Waals surface area contributed by atoms with Crippen LogP contribution in [0.4, 0.5) is 0 Å². The molecule has 0 radical (unpaired) electrons. The van der Waals surface area contributed by atoms with Gasteiger partial charge in [-0.05, 0) is 0 Å². The summed E-state index contributed by atoms with van der Waals surface area (Å²) in [6.07, 6.45) is 3.54. The summed E-state index contributed by atoms with van der Waals surface area (Å²) in [6, 6.07) is 0. The predicted molar refractivity (Wildman–Crippen MR) is 27.6 cm³/mol. The van der Waals surface area contributed by atoms with E-state index in [4.69, 9.17) is 5.64 Å². The fourth-order valence-corrected chi connectivity index (χ4v) is 0.362. The summed E-state index contributed by atoms with van der Waals surface area (Å²) in [5.41, 5.74) is 5.25. The summed E-state index contributed by atoms with van der Waals surface area (Å²) in [5, 5.41) is 0. The molecule has 2 N–H and O–H groups in total. The van der Waals surface area contributed by atoms with E-state index in [1.54, 1.807) is 6.21 Å². The second kappa shape index (κ2) is 1.26. The lowest BCUT2D eigenvalue weighted by molar-refractivity contribution is 1.70. The van der Waals surface area contributed by atoms with Gasteiger partial charge in [-0.25, -0.2) is 0 Å². The van der Waals surface area contributed by atoms with Crippen LogP contribution in [0.15, 0.2) is 17.0 Å². The normalized spacial score (nSPS) is 17.2. The average Bonchev–Trinajstić information content (AvgIpc) is 1.86. The molecule has 6 heavy (non-hydrogen) atoms. The minimum absolute atomic E-state index is 0.0648. The molecule has 30 valence electrons. The van der Waals surface area contributed by atoms with Crippen LogP contribution in [0.1, 0.15) is 0 Å². The fraction of sp³-hybridized carbons (Fsp3) is 0.